The average Bonchev–Trinajstić information content (AvgIpc) is 3.08. The fraction of sp³-hybridized carbons (Fsp3) is 0.316. The molecule has 1 saturated heterocycles. The van der Waals surface area contributed by atoms with E-state index < -0.39 is 6.10 Å². The SMILES string of the molecule is O=C(c1ccccc1)N1CCC(C(O)c2ccc3c(c2)no[n+]3[O-])CC1. The smallest absolute Gasteiger partial charge is 0.253 e. The highest BCUT2D eigenvalue weighted by molar-refractivity contribution is 5.94. The molecule has 134 valence electrons. The van der Waals surface area contributed by atoms with E-state index in [-0.39, 0.29) is 11.8 Å². The van der Waals surface area contributed by atoms with E-state index in [2.05, 4.69) is 9.79 Å². The van der Waals surface area contributed by atoms with E-state index in [4.69, 9.17) is 0 Å². The number of hydrogen-bond donors (Lipinski definition) is 1. The normalized spacial score (nSPS) is 16.7. The van der Waals surface area contributed by atoms with Gasteiger partial charge in [0.25, 0.3) is 5.91 Å². The Kier molecular flexibility index (Phi) is 4.30. The minimum absolute atomic E-state index is 0.0301. The number of fused-ring (bicyclic) bond motifs is 1. The number of aromatic nitrogens is 2. The van der Waals surface area contributed by atoms with Gasteiger partial charge >= 0.3 is 0 Å². The number of hydrogen-bond acceptors (Lipinski definition) is 5. The molecule has 1 aliphatic heterocycles. The Morgan fingerprint density at radius 3 is 2.69 bits per heavy atom. The van der Waals surface area contributed by atoms with Gasteiger partial charge in [0.1, 0.15) is 0 Å². The van der Waals surface area contributed by atoms with Gasteiger partial charge in [-0.3, -0.25) is 9.42 Å². The molecule has 2 aromatic carbocycles. The summed E-state index contributed by atoms with van der Waals surface area (Å²) in [6, 6.07) is 14.2. The van der Waals surface area contributed by atoms with Crippen LogP contribution < -0.4 is 4.90 Å². The maximum absolute atomic E-state index is 12.5. The molecule has 0 bridgehead atoms. The molecule has 7 nitrogen and oxygen atoms in total. The van der Waals surface area contributed by atoms with Crippen molar-refractivity contribution < 1.29 is 19.4 Å². The maximum Gasteiger partial charge on any atom is 0.253 e. The number of carbonyl (C=O) groups excluding carboxylic acids is 1. The summed E-state index contributed by atoms with van der Waals surface area (Å²) in [7, 11) is 0. The van der Waals surface area contributed by atoms with E-state index >= 15 is 0 Å². The predicted octanol–water partition coefficient (Wildman–Crippen LogP) is 2.05. The minimum atomic E-state index is -0.662. The molecule has 0 aliphatic carbocycles. The molecule has 0 spiro atoms. The second kappa shape index (κ2) is 6.76. The number of rotatable bonds is 3. The van der Waals surface area contributed by atoms with E-state index in [9.17, 15) is 15.1 Å². The summed E-state index contributed by atoms with van der Waals surface area (Å²) in [5, 5.41) is 25.8. The first-order valence-electron chi connectivity index (χ1n) is 8.65. The molecular weight excluding hydrogens is 334 g/mol. The van der Waals surface area contributed by atoms with Crippen molar-refractivity contribution in [3.05, 3.63) is 64.9 Å². The number of nitrogens with zero attached hydrogens (tertiary/aromatic N) is 3. The number of benzene rings is 2. The van der Waals surface area contributed by atoms with Crippen LogP contribution in [0.2, 0.25) is 0 Å². The molecule has 26 heavy (non-hydrogen) atoms. The molecule has 1 aromatic heterocycles. The van der Waals surface area contributed by atoms with Crippen molar-refractivity contribution in [3.8, 4) is 0 Å². The van der Waals surface area contributed by atoms with Gasteiger partial charge in [0.2, 0.25) is 11.0 Å². The monoisotopic (exact) mass is 353 g/mol. The highest BCUT2D eigenvalue weighted by Gasteiger charge is 2.29. The highest BCUT2D eigenvalue weighted by Crippen LogP contribution is 2.32. The van der Waals surface area contributed by atoms with Crippen LogP contribution in [0.25, 0.3) is 11.0 Å². The van der Waals surface area contributed by atoms with E-state index in [1.54, 1.807) is 18.2 Å². The molecular formula is C19H19N3O4. The zero-order chi connectivity index (χ0) is 18.1. The van der Waals surface area contributed by atoms with Crippen LogP contribution in [0.15, 0.2) is 53.2 Å². The summed E-state index contributed by atoms with van der Waals surface area (Å²) in [4.78, 5) is 14.7. The Morgan fingerprint density at radius 2 is 1.96 bits per heavy atom. The van der Waals surface area contributed by atoms with Crippen LogP contribution >= 0.6 is 0 Å². The number of likely N-dealkylation sites (tertiary alicyclic amines) is 1. The first-order valence-corrected chi connectivity index (χ1v) is 8.65. The second-order valence-corrected chi connectivity index (χ2v) is 6.62. The number of piperidine rings is 1. The Labute approximate surface area is 150 Å². The Bertz CT molecular complexity index is 917. The number of aliphatic hydroxyl groups excluding tert-OH is 1. The first-order chi connectivity index (χ1) is 12.6. The van der Waals surface area contributed by atoms with Crippen LogP contribution in [-0.2, 0) is 0 Å². The quantitative estimate of drug-likeness (QED) is 0.727. The predicted molar refractivity (Wildman–Crippen MR) is 93.0 cm³/mol. The molecule has 0 saturated carbocycles. The fourth-order valence-corrected chi connectivity index (χ4v) is 3.53. The molecule has 1 atom stereocenters. The molecule has 0 radical (unpaired) electrons. The standard InChI is InChI=1S/C19H19N3O4/c23-18(15-6-7-17-16(12-15)20-26-22(17)25)13-8-10-21(11-9-13)19(24)14-4-2-1-3-5-14/h1-7,12-13,18,23H,8-11H2. The van der Waals surface area contributed by atoms with E-state index in [1.807, 2.05) is 35.2 Å². The lowest BCUT2D eigenvalue weighted by molar-refractivity contribution is -0.782. The van der Waals surface area contributed by atoms with Crippen LogP contribution in [0.1, 0.15) is 34.9 Å². The summed E-state index contributed by atoms with van der Waals surface area (Å²) in [5.74, 6) is 0.0844. The van der Waals surface area contributed by atoms with Gasteiger partial charge in [0.15, 0.2) is 0 Å². The van der Waals surface area contributed by atoms with Crippen LogP contribution in [0.4, 0.5) is 0 Å². The average molecular weight is 353 g/mol. The van der Waals surface area contributed by atoms with Crippen LogP contribution in [0, 0.1) is 11.1 Å². The van der Waals surface area contributed by atoms with E-state index in [1.165, 1.54) is 0 Å². The lowest BCUT2D eigenvalue weighted by Gasteiger charge is -2.34. The Morgan fingerprint density at radius 1 is 1.23 bits per heavy atom. The van der Waals surface area contributed by atoms with Crippen molar-refractivity contribution in [1.29, 1.82) is 0 Å². The Hall–Kier alpha value is -2.93. The third-order valence-corrected chi connectivity index (χ3v) is 5.05. The van der Waals surface area contributed by atoms with Crippen LogP contribution in [-0.4, -0.2) is 34.2 Å². The van der Waals surface area contributed by atoms with Gasteiger partial charge in [-0.05, 0) is 47.4 Å². The lowest BCUT2D eigenvalue weighted by atomic mass is 9.87. The molecule has 2 heterocycles. The van der Waals surface area contributed by atoms with Gasteiger partial charge in [0, 0.05) is 29.9 Å². The number of aliphatic hydroxyl groups is 1. The molecule has 3 aromatic rings. The van der Waals surface area contributed by atoms with Crippen molar-refractivity contribution in [3.63, 3.8) is 0 Å². The third-order valence-electron chi connectivity index (χ3n) is 5.05. The molecule has 7 heteroatoms. The van der Waals surface area contributed by atoms with Crippen molar-refractivity contribution in [1.82, 2.24) is 10.1 Å². The van der Waals surface area contributed by atoms with Crippen molar-refractivity contribution in [2.75, 3.05) is 13.1 Å². The third kappa shape index (κ3) is 3.01. The molecule has 1 unspecified atom stereocenters. The summed E-state index contributed by atoms with van der Waals surface area (Å²) >= 11 is 0. The zero-order valence-electron chi connectivity index (χ0n) is 14.1. The summed E-state index contributed by atoms with van der Waals surface area (Å²) in [5.41, 5.74) is 2.16. The van der Waals surface area contributed by atoms with Gasteiger partial charge in [-0.15, -0.1) is 0 Å². The van der Waals surface area contributed by atoms with Gasteiger partial charge in [0.05, 0.1) is 6.10 Å². The molecule has 4 rings (SSSR count). The Balaban J connectivity index is 1.42. The minimum Gasteiger partial charge on any atom is -0.388 e. The van der Waals surface area contributed by atoms with Crippen molar-refractivity contribution in [2.24, 2.45) is 5.92 Å². The van der Waals surface area contributed by atoms with Crippen LogP contribution in [0.5, 0.6) is 0 Å². The maximum atomic E-state index is 12.5. The lowest BCUT2D eigenvalue weighted by Crippen LogP contribution is -2.39. The van der Waals surface area contributed by atoms with Gasteiger partial charge < -0.3 is 15.2 Å². The largest absolute Gasteiger partial charge is 0.388 e. The first kappa shape index (κ1) is 16.5. The van der Waals surface area contributed by atoms with E-state index in [0.717, 1.165) is 12.8 Å². The summed E-state index contributed by atoms with van der Waals surface area (Å²) < 4.78 is 4.56. The molecule has 1 N–H and O–H groups in total. The van der Waals surface area contributed by atoms with Crippen molar-refractivity contribution >= 4 is 16.9 Å². The van der Waals surface area contributed by atoms with Crippen LogP contribution in [0.3, 0.4) is 0 Å². The molecule has 1 amide bonds. The van der Waals surface area contributed by atoms with E-state index in [0.29, 0.717) is 40.2 Å². The fourth-order valence-electron chi connectivity index (χ4n) is 3.53. The van der Waals surface area contributed by atoms with Crippen molar-refractivity contribution in [2.45, 2.75) is 18.9 Å². The molecule has 1 fully saturated rings. The second-order valence-electron chi connectivity index (χ2n) is 6.62. The topological polar surface area (TPSA) is 93.5 Å². The number of amides is 1. The highest BCUT2D eigenvalue weighted by atomic mass is 16.8. The summed E-state index contributed by atoms with van der Waals surface area (Å²) in [6.45, 7) is 1.23. The van der Waals surface area contributed by atoms with Gasteiger partial charge in [-0.2, -0.15) is 0 Å². The van der Waals surface area contributed by atoms with Gasteiger partial charge in [-0.1, -0.05) is 24.3 Å². The van der Waals surface area contributed by atoms with Gasteiger partial charge in [-0.25, -0.2) is 0 Å². The zero-order valence-corrected chi connectivity index (χ0v) is 14.1. The summed E-state index contributed by atoms with van der Waals surface area (Å²) in [6.07, 6.45) is 0.779. The number of carbonyl (C=O) groups is 1. The molecule has 1 aliphatic rings.